The molecule has 0 heterocycles. The van der Waals surface area contributed by atoms with Crippen LogP contribution in [0.5, 0.6) is 0 Å². The normalized spacial score (nSPS) is 20.1. The Bertz CT molecular complexity index is 222. The van der Waals surface area contributed by atoms with Gasteiger partial charge in [0.15, 0.2) is 0 Å². The molecule has 0 bridgehead atoms. The zero-order chi connectivity index (χ0) is 9.94. The lowest BCUT2D eigenvalue weighted by Gasteiger charge is -2.18. The Morgan fingerprint density at radius 3 is 1.83 bits per heavy atom. The first-order valence-corrected chi connectivity index (χ1v) is 4.42. The van der Waals surface area contributed by atoms with E-state index in [4.69, 9.17) is 25.0 Å². The summed E-state index contributed by atoms with van der Waals surface area (Å²) >= 11 is 0. The molecule has 0 aromatic rings. The van der Waals surface area contributed by atoms with Crippen LogP contribution in [0.1, 0.15) is 0 Å². The molecule has 74 valence electrons. The van der Waals surface area contributed by atoms with E-state index >= 15 is 0 Å². The number of rotatable bonds is 4. The van der Waals surface area contributed by atoms with Gasteiger partial charge in [0.2, 0.25) is 5.44 Å². The summed E-state index contributed by atoms with van der Waals surface area (Å²) in [5, 5.41) is 34.2. The number of hydrogen-bond donors (Lipinski definition) is 5. The SMILES string of the molecule is O=S(=O)(O)C(O)[C@H](O)[C@H](O)CO. The average Bonchev–Trinajstić information content (AvgIpc) is 1.98. The van der Waals surface area contributed by atoms with Gasteiger partial charge in [0.1, 0.15) is 12.2 Å². The van der Waals surface area contributed by atoms with Crippen molar-refractivity contribution in [3.05, 3.63) is 0 Å². The number of hydrogen-bond acceptors (Lipinski definition) is 6. The van der Waals surface area contributed by atoms with Crippen molar-refractivity contribution in [3.8, 4) is 0 Å². The Morgan fingerprint density at radius 1 is 1.17 bits per heavy atom. The maximum atomic E-state index is 10.1. The maximum absolute atomic E-state index is 10.1. The van der Waals surface area contributed by atoms with Gasteiger partial charge >= 0.3 is 0 Å². The van der Waals surface area contributed by atoms with Gasteiger partial charge in [-0.05, 0) is 0 Å². The molecule has 0 saturated heterocycles. The van der Waals surface area contributed by atoms with E-state index in [1.54, 1.807) is 0 Å². The molecular formula is C4H10O7S. The molecule has 3 atom stereocenters. The fourth-order valence-electron chi connectivity index (χ4n) is 0.474. The zero-order valence-electron chi connectivity index (χ0n) is 5.90. The van der Waals surface area contributed by atoms with E-state index in [0.717, 1.165) is 0 Å². The Balaban J connectivity index is 4.40. The summed E-state index contributed by atoms with van der Waals surface area (Å²) in [6.07, 6.45) is -3.95. The summed E-state index contributed by atoms with van der Waals surface area (Å²) in [6.45, 7) is -0.923. The highest BCUT2D eigenvalue weighted by atomic mass is 32.2. The van der Waals surface area contributed by atoms with Crippen LogP contribution in [0.25, 0.3) is 0 Å². The Hall–Kier alpha value is -0.250. The third-order valence-corrected chi connectivity index (χ3v) is 2.07. The van der Waals surface area contributed by atoms with Crippen molar-refractivity contribution in [1.82, 2.24) is 0 Å². The minimum atomic E-state index is -4.82. The fourth-order valence-corrected chi connectivity index (χ4v) is 1.01. The number of aliphatic hydroxyl groups is 4. The van der Waals surface area contributed by atoms with Gasteiger partial charge in [-0.1, -0.05) is 0 Å². The Labute approximate surface area is 68.6 Å². The second-order valence-corrected chi connectivity index (χ2v) is 3.66. The predicted molar refractivity (Wildman–Crippen MR) is 36.7 cm³/mol. The fraction of sp³-hybridized carbons (Fsp3) is 1.00. The lowest BCUT2D eigenvalue weighted by atomic mass is 10.2. The van der Waals surface area contributed by atoms with Crippen LogP contribution in [0.15, 0.2) is 0 Å². The largest absolute Gasteiger partial charge is 0.394 e. The molecule has 0 aliphatic heterocycles. The third-order valence-electron chi connectivity index (χ3n) is 1.18. The lowest BCUT2D eigenvalue weighted by molar-refractivity contribution is -0.0533. The van der Waals surface area contributed by atoms with Crippen LogP contribution in [0.2, 0.25) is 0 Å². The monoisotopic (exact) mass is 202 g/mol. The smallest absolute Gasteiger partial charge is 0.294 e. The van der Waals surface area contributed by atoms with Crippen molar-refractivity contribution in [2.75, 3.05) is 6.61 Å². The molecule has 0 aliphatic rings. The third kappa shape index (κ3) is 3.01. The highest BCUT2D eigenvalue weighted by Gasteiger charge is 2.33. The highest BCUT2D eigenvalue weighted by Crippen LogP contribution is 2.05. The molecule has 12 heavy (non-hydrogen) atoms. The molecule has 1 unspecified atom stereocenters. The molecular weight excluding hydrogens is 192 g/mol. The van der Waals surface area contributed by atoms with Crippen LogP contribution in [-0.2, 0) is 10.1 Å². The van der Waals surface area contributed by atoms with Crippen molar-refractivity contribution in [2.45, 2.75) is 17.6 Å². The van der Waals surface area contributed by atoms with Crippen LogP contribution in [-0.4, -0.2) is 57.6 Å². The molecule has 0 aromatic carbocycles. The Morgan fingerprint density at radius 2 is 1.58 bits per heavy atom. The lowest BCUT2D eigenvalue weighted by Crippen LogP contribution is -2.43. The highest BCUT2D eigenvalue weighted by molar-refractivity contribution is 7.86. The van der Waals surface area contributed by atoms with Crippen LogP contribution in [0, 0.1) is 0 Å². The molecule has 7 nitrogen and oxygen atoms in total. The molecule has 0 rings (SSSR count). The standard InChI is InChI=1S/C4H10O7S/c5-1-2(6)3(7)4(8)12(9,10)11/h2-8H,1H2,(H,9,10,11)/t2-,3-,4?/m1/s1. The molecule has 0 aromatic heterocycles. The quantitative estimate of drug-likeness (QED) is 0.305. The Kier molecular flexibility index (Phi) is 4.03. The van der Waals surface area contributed by atoms with E-state index in [1.165, 1.54) is 0 Å². The van der Waals surface area contributed by atoms with Gasteiger partial charge in [-0.15, -0.1) is 0 Å². The topological polar surface area (TPSA) is 135 Å². The summed E-state index contributed by atoms with van der Waals surface area (Å²) in [7, 11) is -4.82. The predicted octanol–water partition coefficient (Wildman–Crippen LogP) is -3.09. The number of aliphatic hydroxyl groups excluding tert-OH is 4. The molecule has 0 aliphatic carbocycles. The molecule has 0 spiro atoms. The second-order valence-electron chi connectivity index (χ2n) is 2.15. The molecule has 5 N–H and O–H groups in total. The van der Waals surface area contributed by atoms with Crippen LogP contribution in [0.4, 0.5) is 0 Å². The van der Waals surface area contributed by atoms with Gasteiger partial charge in [0, 0.05) is 0 Å². The molecule has 0 saturated carbocycles. The second kappa shape index (κ2) is 4.12. The minimum Gasteiger partial charge on any atom is -0.394 e. The van der Waals surface area contributed by atoms with E-state index in [9.17, 15) is 8.42 Å². The summed E-state index contributed by atoms with van der Waals surface area (Å²) < 4.78 is 28.5. The first-order valence-electron chi connectivity index (χ1n) is 2.92. The maximum Gasteiger partial charge on any atom is 0.294 e. The van der Waals surface area contributed by atoms with Crippen LogP contribution in [0.3, 0.4) is 0 Å². The van der Waals surface area contributed by atoms with Crippen molar-refractivity contribution >= 4 is 10.1 Å². The molecule has 8 heteroatoms. The van der Waals surface area contributed by atoms with Gasteiger partial charge in [-0.3, -0.25) is 4.55 Å². The van der Waals surface area contributed by atoms with Crippen molar-refractivity contribution in [1.29, 1.82) is 0 Å². The van der Waals surface area contributed by atoms with Gasteiger partial charge in [-0.25, -0.2) is 0 Å². The summed E-state index contributed by atoms with van der Waals surface area (Å²) in [5.41, 5.74) is -2.51. The zero-order valence-corrected chi connectivity index (χ0v) is 6.72. The van der Waals surface area contributed by atoms with Crippen molar-refractivity contribution < 1.29 is 33.4 Å². The van der Waals surface area contributed by atoms with E-state index < -0.39 is 34.4 Å². The van der Waals surface area contributed by atoms with Gasteiger partial charge in [0.05, 0.1) is 6.61 Å². The van der Waals surface area contributed by atoms with Crippen molar-refractivity contribution in [3.63, 3.8) is 0 Å². The molecule has 0 radical (unpaired) electrons. The van der Waals surface area contributed by atoms with E-state index in [2.05, 4.69) is 0 Å². The van der Waals surface area contributed by atoms with E-state index in [-0.39, 0.29) is 0 Å². The summed E-state index contributed by atoms with van der Waals surface area (Å²) in [6, 6.07) is 0. The average molecular weight is 202 g/mol. The van der Waals surface area contributed by atoms with E-state index in [1.807, 2.05) is 0 Å². The first-order chi connectivity index (χ1) is 5.30. The van der Waals surface area contributed by atoms with Gasteiger partial charge in [0.25, 0.3) is 10.1 Å². The van der Waals surface area contributed by atoms with E-state index in [0.29, 0.717) is 0 Å². The van der Waals surface area contributed by atoms with Crippen LogP contribution >= 0.6 is 0 Å². The van der Waals surface area contributed by atoms with Crippen molar-refractivity contribution in [2.24, 2.45) is 0 Å². The van der Waals surface area contributed by atoms with Gasteiger partial charge in [-0.2, -0.15) is 8.42 Å². The summed E-state index contributed by atoms with van der Waals surface area (Å²) in [5.74, 6) is 0. The van der Waals surface area contributed by atoms with Crippen LogP contribution < -0.4 is 0 Å². The first kappa shape index (κ1) is 11.8. The summed E-state index contributed by atoms with van der Waals surface area (Å²) in [4.78, 5) is 0. The molecule has 0 fully saturated rings. The van der Waals surface area contributed by atoms with Gasteiger partial charge < -0.3 is 20.4 Å². The minimum absolute atomic E-state index is 0.923. The molecule has 0 amide bonds.